The monoisotopic (exact) mass is 409 g/mol. The predicted octanol–water partition coefficient (Wildman–Crippen LogP) is 1.84. The average molecular weight is 409 g/mol. The van der Waals surface area contributed by atoms with E-state index in [0.717, 1.165) is 11.0 Å². The molecule has 0 atom stereocenters. The van der Waals surface area contributed by atoms with Gasteiger partial charge in [-0.25, -0.2) is 13.4 Å². The number of sulfonamides is 1. The second-order valence-electron chi connectivity index (χ2n) is 7.17. The molecule has 1 amide bonds. The van der Waals surface area contributed by atoms with Gasteiger partial charge in [0.25, 0.3) is 15.9 Å². The molecule has 1 aliphatic heterocycles. The number of hydrogen-bond donors (Lipinski definition) is 2. The minimum atomic E-state index is -3.55. The quantitative estimate of drug-likeness (QED) is 0.627. The fraction of sp³-hybridized carbons (Fsp3) is 0.250. The van der Waals surface area contributed by atoms with Crippen LogP contribution in [0.25, 0.3) is 11.0 Å². The molecule has 2 N–H and O–H groups in total. The number of carbonyl (C=O) groups is 1. The first-order chi connectivity index (χ1) is 14.0. The maximum Gasteiger partial charge on any atom is 0.263 e. The fourth-order valence-corrected chi connectivity index (χ4v) is 4.76. The zero-order valence-electron chi connectivity index (χ0n) is 15.5. The van der Waals surface area contributed by atoms with Crippen LogP contribution in [0.4, 0.5) is 0 Å². The first-order valence-electron chi connectivity index (χ1n) is 9.44. The molecule has 2 aliphatic rings. The first kappa shape index (κ1) is 17.9. The lowest BCUT2D eigenvalue weighted by Gasteiger charge is -2.05. The van der Waals surface area contributed by atoms with Crippen LogP contribution >= 0.6 is 0 Å². The third kappa shape index (κ3) is 3.27. The van der Waals surface area contributed by atoms with E-state index >= 15 is 0 Å². The van der Waals surface area contributed by atoms with Crippen molar-refractivity contribution in [3.05, 3.63) is 59.9 Å². The van der Waals surface area contributed by atoms with Crippen molar-refractivity contribution < 1.29 is 13.2 Å². The molecule has 9 heteroatoms. The van der Waals surface area contributed by atoms with Crippen LogP contribution in [0, 0.1) is 0 Å². The Labute approximate surface area is 167 Å². The zero-order chi connectivity index (χ0) is 20.0. The summed E-state index contributed by atoms with van der Waals surface area (Å²) < 4.78 is 28.8. The molecule has 2 aromatic carbocycles. The molecular weight excluding hydrogens is 390 g/mol. The van der Waals surface area contributed by atoms with E-state index < -0.39 is 10.0 Å². The smallest absolute Gasteiger partial charge is 0.263 e. The highest BCUT2D eigenvalue weighted by Crippen LogP contribution is 2.37. The van der Waals surface area contributed by atoms with E-state index in [1.165, 1.54) is 12.8 Å². The van der Waals surface area contributed by atoms with Gasteiger partial charge in [0.05, 0.1) is 28.8 Å². The molecule has 1 aliphatic carbocycles. The van der Waals surface area contributed by atoms with Crippen molar-refractivity contribution in [2.75, 3.05) is 13.1 Å². The Morgan fingerprint density at radius 1 is 1.24 bits per heavy atom. The summed E-state index contributed by atoms with van der Waals surface area (Å²) in [5, 5.41) is 2.82. The molecule has 0 unspecified atom stereocenters. The minimum absolute atomic E-state index is 0.208. The Morgan fingerprint density at radius 2 is 2.07 bits per heavy atom. The molecule has 8 nitrogen and oxygen atoms in total. The Balaban J connectivity index is 1.24. The molecule has 0 spiro atoms. The topological polar surface area (TPSA) is 105 Å². The number of amidine groups is 1. The van der Waals surface area contributed by atoms with Gasteiger partial charge in [-0.15, -0.1) is 0 Å². The summed E-state index contributed by atoms with van der Waals surface area (Å²) in [5.74, 6) is 0.0994. The average Bonchev–Trinajstić information content (AvgIpc) is 3.42. The van der Waals surface area contributed by atoms with Crippen molar-refractivity contribution in [1.82, 2.24) is 19.6 Å². The van der Waals surface area contributed by atoms with Gasteiger partial charge in [0, 0.05) is 23.7 Å². The van der Waals surface area contributed by atoms with Gasteiger partial charge in [-0.2, -0.15) is 0 Å². The normalized spacial score (nSPS) is 18.6. The number of nitrogens with one attached hydrogen (secondary N) is 2. The molecular formula is C20H19N5O3S. The van der Waals surface area contributed by atoms with E-state index in [1.54, 1.807) is 36.4 Å². The van der Waals surface area contributed by atoms with Crippen LogP contribution in [0.3, 0.4) is 0 Å². The molecule has 1 saturated carbocycles. The Hall–Kier alpha value is -3.20. The van der Waals surface area contributed by atoms with E-state index in [9.17, 15) is 13.2 Å². The van der Waals surface area contributed by atoms with Crippen molar-refractivity contribution in [3.8, 4) is 0 Å². The van der Waals surface area contributed by atoms with Crippen LogP contribution < -0.4 is 10.0 Å². The van der Waals surface area contributed by atoms with Crippen molar-refractivity contribution in [3.63, 3.8) is 0 Å². The summed E-state index contributed by atoms with van der Waals surface area (Å²) >= 11 is 0. The van der Waals surface area contributed by atoms with Gasteiger partial charge in [-0.3, -0.25) is 14.5 Å². The van der Waals surface area contributed by atoms with Gasteiger partial charge in [0.1, 0.15) is 5.84 Å². The van der Waals surface area contributed by atoms with Crippen LogP contribution in [0.15, 0.2) is 58.7 Å². The maximum atomic E-state index is 12.4. The number of nitrogens with zero attached hydrogens (tertiary/aromatic N) is 3. The predicted molar refractivity (Wildman–Crippen MR) is 109 cm³/mol. The van der Waals surface area contributed by atoms with Gasteiger partial charge in [-0.1, -0.05) is 12.1 Å². The van der Waals surface area contributed by atoms with E-state index in [0.29, 0.717) is 29.5 Å². The SMILES string of the molecule is O=C(NCCN=C1NS(=O)(=O)c2ccccc21)c1ccc2c(c1)ncn2C1CC1. The molecule has 29 heavy (non-hydrogen) atoms. The second kappa shape index (κ2) is 6.70. The Kier molecular flexibility index (Phi) is 4.13. The van der Waals surface area contributed by atoms with Crippen LogP contribution in [-0.4, -0.2) is 42.8 Å². The Bertz CT molecular complexity index is 1260. The van der Waals surface area contributed by atoms with E-state index in [4.69, 9.17) is 0 Å². The number of aliphatic imine (C=N–C) groups is 1. The number of aromatic nitrogens is 2. The highest BCUT2D eigenvalue weighted by molar-refractivity contribution is 7.90. The summed E-state index contributed by atoms with van der Waals surface area (Å²) in [6.45, 7) is 0.553. The molecule has 3 aromatic rings. The molecule has 148 valence electrons. The third-order valence-corrected chi connectivity index (χ3v) is 6.50. The fourth-order valence-electron chi connectivity index (χ4n) is 3.51. The minimum Gasteiger partial charge on any atom is -0.350 e. The number of imidazole rings is 1. The molecule has 1 fully saturated rings. The second-order valence-corrected chi connectivity index (χ2v) is 8.83. The van der Waals surface area contributed by atoms with E-state index in [-0.39, 0.29) is 17.3 Å². The van der Waals surface area contributed by atoms with E-state index in [1.807, 2.05) is 12.4 Å². The Morgan fingerprint density at radius 3 is 2.90 bits per heavy atom. The first-order valence-corrected chi connectivity index (χ1v) is 10.9. The highest BCUT2D eigenvalue weighted by Gasteiger charge is 2.30. The third-order valence-electron chi connectivity index (χ3n) is 5.11. The van der Waals surface area contributed by atoms with Gasteiger partial charge < -0.3 is 9.88 Å². The van der Waals surface area contributed by atoms with Gasteiger partial charge in [0.2, 0.25) is 0 Å². The molecule has 0 bridgehead atoms. The summed E-state index contributed by atoms with van der Waals surface area (Å²) in [7, 11) is -3.55. The lowest BCUT2D eigenvalue weighted by molar-refractivity contribution is 0.0955. The van der Waals surface area contributed by atoms with Crippen LogP contribution in [0.2, 0.25) is 0 Å². The van der Waals surface area contributed by atoms with Crippen LogP contribution in [0.5, 0.6) is 0 Å². The number of hydrogen-bond acceptors (Lipinski definition) is 5. The zero-order valence-corrected chi connectivity index (χ0v) is 16.3. The summed E-state index contributed by atoms with van der Waals surface area (Å²) in [6.07, 6.45) is 4.19. The standard InChI is InChI=1S/C20H19N5O3S/c26-20(13-5-8-17-16(11-13)23-12-25(17)14-6-7-14)22-10-9-21-19-15-3-1-2-4-18(15)29(27,28)24-19/h1-5,8,11-12,14H,6-7,9-10H2,(H,21,24)(H,22,26). The molecule has 5 rings (SSSR count). The van der Waals surface area contributed by atoms with Gasteiger partial charge in [0.15, 0.2) is 0 Å². The number of amides is 1. The number of benzene rings is 2. The lowest BCUT2D eigenvalue weighted by Crippen LogP contribution is -2.27. The molecule has 2 heterocycles. The number of fused-ring (bicyclic) bond motifs is 2. The summed E-state index contributed by atoms with van der Waals surface area (Å²) in [6, 6.07) is 12.7. The van der Waals surface area contributed by atoms with Gasteiger partial charge in [-0.05, 0) is 43.2 Å². The molecule has 1 aromatic heterocycles. The van der Waals surface area contributed by atoms with Crippen molar-refractivity contribution in [1.29, 1.82) is 0 Å². The summed E-state index contributed by atoms with van der Waals surface area (Å²) in [4.78, 5) is 21.4. The maximum absolute atomic E-state index is 12.4. The highest BCUT2D eigenvalue weighted by atomic mass is 32.2. The molecule has 0 radical (unpaired) electrons. The lowest BCUT2D eigenvalue weighted by atomic mass is 10.2. The number of rotatable bonds is 5. The van der Waals surface area contributed by atoms with Crippen molar-refractivity contribution in [2.45, 2.75) is 23.8 Å². The van der Waals surface area contributed by atoms with Crippen molar-refractivity contribution >= 4 is 32.8 Å². The molecule has 0 saturated heterocycles. The van der Waals surface area contributed by atoms with E-state index in [2.05, 4.69) is 24.6 Å². The summed E-state index contributed by atoms with van der Waals surface area (Å²) in [5.41, 5.74) is 2.94. The van der Waals surface area contributed by atoms with Crippen LogP contribution in [0.1, 0.15) is 34.8 Å². The number of carbonyl (C=O) groups excluding carboxylic acids is 1. The van der Waals surface area contributed by atoms with Crippen molar-refractivity contribution in [2.24, 2.45) is 4.99 Å². The largest absolute Gasteiger partial charge is 0.350 e. The van der Waals surface area contributed by atoms with Gasteiger partial charge >= 0.3 is 0 Å². The van der Waals surface area contributed by atoms with Crippen LogP contribution in [-0.2, 0) is 10.0 Å².